The minimum absolute atomic E-state index is 0.146. The number of hydrogen-bond donors (Lipinski definition) is 1. The highest BCUT2D eigenvalue weighted by molar-refractivity contribution is 5.91. The smallest absolute Gasteiger partial charge is 0.317 e. The van der Waals surface area contributed by atoms with Gasteiger partial charge < -0.3 is 19.5 Å². The highest BCUT2D eigenvalue weighted by Gasteiger charge is 2.25. The molecule has 7 heteroatoms. The van der Waals surface area contributed by atoms with E-state index >= 15 is 0 Å². The zero-order chi connectivity index (χ0) is 17.6. The molecule has 1 aliphatic heterocycles. The first-order valence-corrected chi connectivity index (χ1v) is 8.23. The normalized spacial score (nSPS) is 14.4. The topological polar surface area (TPSA) is 65.8 Å². The van der Waals surface area contributed by atoms with Gasteiger partial charge in [-0.15, -0.1) is 0 Å². The predicted octanol–water partition coefficient (Wildman–Crippen LogP) is 2.13. The Morgan fingerprint density at radius 3 is 2.36 bits per heavy atom. The van der Waals surface area contributed by atoms with Crippen LogP contribution in [-0.2, 0) is 6.42 Å². The summed E-state index contributed by atoms with van der Waals surface area (Å²) in [5, 5.41) is 2.86. The van der Waals surface area contributed by atoms with E-state index in [1.807, 2.05) is 0 Å². The van der Waals surface area contributed by atoms with Crippen molar-refractivity contribution in [1.82, 2.24) is 15.1 Å². The molecule has 2 aromatic rings. The molecule has 1 aromatic carbocycles. The largest absolute Gasteiger partial charge is 0.459 e. The Balaban J connectivity index is 1.41. The van der Waals surface area contributed by atoms with Gasteiger partial charge in [0.2, 0.25) is 0 Å². The van der Waals surface area contributed by atoms with Crippen LogP contribution in [-0.4, -0.2) is 54.5 Å². The van der Waals surface area contributed by atoms with E-state index in [1.54, 1.807) is 34.1 Å². The Hall–Kier alpha value is -2.83. The van der Waals surface area contributed by atoms with Crippen LogP contribution < -0.4 is 5.32 Å². The molecule has 132 valence electrons. The van der Waals surface area contributed by atoms with Crippen molar-refractivity contribution in [2.45, 2.75) is 6.42 Å². The van der Waals surface area contributed by atoms with Crippen LogP contribution in [0.4, 0.5) is 9.18 Å². The summed E-state index contributed by atoms with van der Waals surface area (Å²) in [7, 11) is 0. The molecule has 0 atom stereocenters. The molecule has 0 radical (unpaired) electrons. The fourth-order valence-electron chi connectivity index (χ4n) is 2.75. The van der Waals surface area contributed by atoms with Gasteiger partial charge in [-0.1, -0.05) is 12.1 Å². The average Bonchev–Trinajstić information content (AvgIpc) is 3.17. The van der Waals surface area contributed by atoms with Gasteiger partial charge in [0.15, 0.2) is 5.76 Å². The number of urea groups is 1. The maximum atomic E-state index is 12.8. The summed E-state index contributed by atoms with van der Waals surface area (Å²) >= 11 is 0. The maximum absolute atomic E-state index is 12.8. The molecule has 1 N–H and O–H groups in total. The average molecular weight is 345 g/mol. The van der Waals surface area contributed by atoms with Gasteiger partial charge in [-0.25, -0.2) is 9.18 Å². The van der Waals surface area contributed by atoms with E-state index in [9.17, 15) is 14.0 Å². The number of amides is 3. The molecular formula is C18H20FN3O3. The third-order valence-corrected chi connectivity index (χ3v) is 4.19. The van der Waals surface area contributed by atoms with Crippen molar-refractivity contribution >= 4 is 11.9 Å². The number of halogens is 1. The summed E-state index contributed by atoms with van der Waals surface area (Å²) in [6.07, 6.45) is 2.11. The van der Waals surface area contributed by atoms with Crippen molar-refractivity contribution in [3.05, 3.63) is 59.8 Å². The van der Waals surface area contributed by atoms with Crippen molar-refractivity contribution in [2.24, 2.45) is 0 Å². The number of carbonyl (C=O) groups is 2. The van der Waals surface area contributed by atoms with E-state index < -0.39 is 0 Å². The maximum Gasteiger partial charge on any atom is 0.317 e. The molecular weight excluding hydrogens is 325 g/mol. The second-order valence-corrected chi connectivity index (χ2v) is 5.86. The molecule has 0 aliphatic carbocycles. The molecule has 0 spiro atoms. The summed E-state index contributed by atoms with van der Waals surface area (Å²) in [4.78, 5) is 27.7. The highest BCUT2D eigenvalue weighted by atomic mass is 19.1. The minimum atomic E-state index is -0.269. The Labute approximate surface area is 145 Å². The van der Waals surface area contributed by atoms with Gasteiger partial charge >= 0.3 is 6.03 Å². The van der Waals surface area contributed by atoms with Crippen LogP contribution >= 0.6 is 0 Å². The third-order valence-electron chi connectivity index (χ3n) is 4.19. The summed E-state index contributed by atoms with van der Waals surface area (Å²) in [6.45, 7) is 2.40. The van der Waals surface area contributed by atoms with E-state index in [2.05, 4.69) is 5.32 Å². The van der Waals surface area contributed by atoms with Crippen LogP contribution in [0.15, 0.2) is 47.1 Å². The molecule has 0 saturated carbocycles. The number of nitrogens with one attached hydrogen (secondary N) is 1. The SMILES string of the molecule is O=C(NCCc1ccc(F)cc1)N1CCN(C(=O)c2ccco2)CC1. The quantitative estimate of drug-likeness (QED) is 0.923. The molecule has 0 bridgehead atoms. The van der Waals surface area contributed by atoms with Crippen molar-refractivity contribution in [3.63, 3.8) is 0 Å². The van der Waals surface area contributed by atoms with E-state index in [0.717, 1.165) is 5.56 Å². The second kappa shape index (κ2) is 7.83. The Kier molecular flexibility index (Phi) is 5.33. The molecule has 3 rings (SSSR count). The van der Waals surface area contributed by atoms with Crippen molar-refractivity contribution in [2.75, 3.05) is 32.7 Å². The Morgan fingerprint density at radius 2 is 1.72 bits per heavy atom. The van der Waals surface area contributed by atoms with Crippen LogP contribution in [0, 0.1) is 5.82 Å². The summed E-state index contributed by atoms with van der Waals surface area (Å²) < 4.78 is 18.0. The monoisotopic (exact) mass is 345 g/mol. The number of rotatable bonds is 4. The molecule has 6 nitrogen and oxygen atoms in total. The van der Waals surface area contributed by atoms with Crippen molar-refractivity contribution in [1.29, 1.82) is 0 Å². The van der Waals surface area contributed by atoms with Crippen LogP contribution in [0.1, 0.15) is 16.1 Å². The first-order chi connectivity index (χ1) is 12.1. The summed E-state index contributed by atoms with van der Waals surface area (Å²) in [5.41, 5.74) is 0.968. The van der Waals surface area contributed by atoms with Crippen molar-refractivity contribution < 1.29 is 18.4 Å². The molecule has 3 amide bonds. The number of piperazine rings is 1. The number of furan rings is 1. The molecule has 1 aliphatic rings. The lowest BCUT2D eigenvalue weighted by molar-refractivity contribution is 0.0634. The standard InChI is InChI=1S/C18H20FN3O3/c19-15-5-3-14(4-6-15)7-8-20-18(24)22-11-9-21(10-12-22)17(23)16-2-1-13-25-16/h1-6,13H,7-12H2,(H,20,24). The van der Waals surface area contributed by atoms with Gasteiger partial charge in [0.25, 0.3) is 5.91 Å². The predicted molar refractivity (Wildman–Crippen MR) is 89.7 cm³/mol. The number of benzene rings is 1. The first kappa shape index (κ1) is 17.0. The minimum Gasteiger partial charge on any atom is -0.459 e. The van der Waals surface area contributed by atoms with Crippen LogP contribution in [0.5, 0.6) is 0 Å². The van der Waals surface area contributed by atoms with E-state index in [0.29, 0.717) is 44.9 Å². The zero-order valence-corrected chi connectivity index (χ0v) is 13.8. The van der Waals surface area contributed by atoms with Gasteiger partial charge in [0.1, 0.15) is 5.82 Å². The van der Waals surface area contributed by atoms with E-state index in [1.165, 1.54) is 18.4 Å². The molecule has 2 heterocycles. The van der Waals surface area contributed by atoms with E-state index in [4.69, 9.17) is 4.42 Å². The van der Waals surface area contributed by atoms with Gasteiger partial charge in [-0.2, -0.15) is 0 Å². The Bertz CT molecular complexity index is 708. The lowest BCUT2D eigenvalue weighted by Gasteiger charge is -2.34. The summed E-state index contributed by atoms with van der Waals surface area (Å²) in [6, 6.07) is 9.40. The first-order valence-electron chi connectivity index (χ1n) is 8.23. The number of carbonyl (C=O) groups excluding carboxylic acids is 2. The number of hydrogen-bond acceptors (Lipinski definition) is 3. The van der Waals surface area contributed by atoms with Gasteiger partial charge in [-0.3, -0.25) is 4.79 Å². The van der Waals surface area contributed by atoms with Crippen LogP contribution in [0.2, 0.25) is 0 Å². The van der Waals surface area contributed by atoms with Gasteiger partial charge in [0.05, 0.1) is 6.26 Å². The van der Waals surface area contributed by atoms with E-state index in [-0.39, 0.29) is 17.8 Å². The molecule has 1 saturated heterocycles. The lowest BCUT2D eigenvalue weighted by Crippen LogP contribution is -2.53. The van der Waals surface area contributed by atoms with Gasteiger partial charge in [0, 0.05) is 32.7 Å². The lowest BCUT2D eigenvalue weighted by atomic mass is 10.1. The second-order valence-electron chi connectivity index (χ2n) is 5.86. The molecule has 1 fully saturated rings. The third kappa shape index (κ3) is 4.37. The van der Waals surface area contributed by atoms with Crippen molar-refractivity contribution in [3.8, 4) is 0 Å². The fraction of sp³-hybridized carbons (Fsp3) is 0.333. The fourth-order valence-corrected chi connectivity index (χ4v) is 2.75. The number of nitrogens with zero attached hydrogens (tertiary/aromatic N) is 2. The van der Waals surface area contributed by atoms with Crippen LogP contribution in [0.3, 0.4) is 0 Å². The summed E-state index contributed by atoms with van der Waals surface area (Å²) in [5.74, 6) is -0.103. The highest BCUT2D eigenvalue weighted by Crippen LogP contribution is 2.09. The molecule has 25 heavy (non-hydrogen) atoms. The van der Waals surface area contributed by atoms with Crippen LogP contribution in [0.25, 0.3) is 0 Å². The molecule has 1 aromatic heterocycles. The Morgan fingerprint density at radius 1 is 1.04 bits per heavy atom. The van der Waals surface area contributed by atoms with Gasteiger partial charge in [-0.05, 0) is 36.2 Å². The zero-order valence-electron chi connectivity index (χ0n) is 13.8. The molecule has 0 unspecified atom stereocenters.